The molecule has 6 nitrogen and oxygen atoms in total. The lowest BCUT2D eigenvalue weighted by Crippen LogP contribution is -2.13. The number of hydrogen-bond donors (Lipinski definition) is 2. The summed E-state index contributed by atoms with van der Waals surface area (Å²) in [5, 5.41) is 4.05. The molecule has 0 saturated heterocycles. The van der Waals surface area contributed by atoms with E-state index in [2.05, 4.69) is 20.4 Å². The first kappa shape index (κ1) is 14.3. The van der Waals surface area contributed by atoms with E-state index in [1.54, 1.807) is 24.5 Å². The van der Waals surface area contributed by atoms with Gasteiger partial charge in [0.05, 0.1) is 11.8 Å². The normalized spacial score (nSPS) is 16.5. The summed E-state index contributed by atoms with van der Waals surface area (Å²) in [6.45, 7) is 2.87. The van der Waals surface area contributed by atoms with E-state index >= 15 is 0 Å². The average molecular weight is 298 g/mol. The van der Waals surface area contributed by atoms with Crippen molar-refractivity contribution in [2.75, 3.05) is 14.1 Å². The van der Waals surface area contributed by atoms with Gasteiger partial charge in [0.25, 0.3) is 5.91 Å². The van der Waals surface area contributed by atoms with Gasteiger partial charge in [-0.3, -0.25) is 4.79 Å². The lowest BCUT2D eigenvalue weighted by atomic mass is 10.1. The molecule has 0 atom stereocenters. The van der Waals surface area contributed by atoms with E-state index in [-0.39, 0.29) is 5.91 Å². The summed E-state index contributed by atoms with van der Waals surface area (Å²) < 4.78 is 5.33. The van der Waals surface area contributed by atoms with E-state index < -0.39 is 0 Å². The molecule has 1 aliphatic rings. The van der Waals surface area contributed by atoms with Crippen LogP contribution in [0, 0.1) is 6.92 Å². The maximum atomic E-state index is 12.0. The van der Waals surface area contributed by atoms with E-state index in [1.807, 2.05) is 27.1 Å². The lowest BCUT2D eigenvalue weighted by molar-refractivity contribution is -0.116. The van der Waals surface area contributed by atoms with Crippen molar-refractivity contribution in [3.63, 3.8) is 0 Å². The van der Waals surface area contributed by atoms with E-state index in [4.69, 9.17) is 4.42 Å². The van der Waals surface area contributed by atoms with E-state index in [0.29, 0.717) is 17.0 Å². The van der Waals surface area contributed by atoms with Crippen molar-refractivity contribution < 1.29 is 9.21 Å². The largest absolute Gasteiger partial charge is 0.463 e. The minimum absolute atomic E-state index is 0.229. The Morgan fingerprint density at radius 3 is 2.91 bits per heavy atom. The van der Waals surface area contributed by atoms with Crippen LogP contribution in [0.4, 0.5) is 0 Å². The monoisotopic (exact) mass is 298 g/mol. The van der Waals surface area contributed by atoms with Gasteiger partial charge in [-0.15, -0.1) is 0 Å². The van der Waals surface area contributed by atoms with Crippen LogP contribution in [-0.2, 0) is 11.3 Å². The van der Waals surface area contributed by atoms with Crippen LogP contribution in [0.2, 0.25) is 0 Å². The smallest absolute Gasteiger partial charge is 0.273 e. The average Bonchev–Trinajstić information content (AvgIpc) is 3.14. The number of furan rings is 1. The molecule has 0 radical (unpaired) electrons. The Hall–Kier alpha value is -2.60. The third kappa shape index (κ3) is 2.73. The van der Waals surface area contributed by atoms with Gasteiger partial charge in [0.1, 0.15) is 5.71 Å². The molecule has 3 rings (SSSR count). The first-order chi connectivity index (χ1) is 10.5. The number of rotatable bonds is 4. The van der Waals surface area contributed by atoms with Gasteiger partial charge >= 0.3 is 0 Å². The van der Waals surface area contributed by atoms with Crippen LogP contribution >= 0.6 is 0 Å². The third-order valence-corrected chi connectivity index (χ3v) is 3.45. The maximum Gasteiger partial charge on any atom is 0.273 e. The number of amides is 1. The van der Waals surface area contributed by atoms with E-state index in [9.17, 15) is 4.79 Å². The highest BCUT2D eigenvalue weighted by atomic mass is 16.3. The topological polar surface area (TPSA) is 73.6 Å². The molecular weight excluding hydrogens is 280 g/mol. The van der Waals surface area contributed by atoms with Crippen molar-refractivity contribution in [1.29, 1.82) is 0 Å². The van der Waals surface area contributed by atoms with Crippen molar-refractivity contribution in [3.8, 4) is 0 Å². The van der Waals surface area contributed by atoms with Crippen LogP contribution in [0.1, 0.15) is 22.7 Å². The van der Waals surface area contributed by atoms with Gasteiger partial charge in [-0.25, -0.2) is 5.43 Å². The molecule has 114 valence electrons. The van der Waals surface area contributed by atoms with Crippen LogP contribution < -0.4 is 5.43 Å². The van der Waals surface area contributed by atoms with Crippen molar-refractivity contribution in [2.45, 2.75) is 13.5 Å². The summed E-state index contributed by atoms with van der Waals surface area (Å²) in [7, 11) is 4.05. The lowest BCUT2D eigenvalue weighted by Gasteiger charge is -2.07. The predicted octanol–water partition coefficient (Wildman–Crippen LogP) is 1.90. The Labute approximate surface area is 128 Å². The highest BCUT2D eigenvalue weighted by molar-refractivity contribution is 6.32. The van der Waals surface area contributed by atoms with Crippen LogP contribution in [-0.4, -0.2) is 35.6 Å². The molecule has 2 aromatic rings. The van der Waals surface area contributed by atoms with Crippen molar-refractivity contribution >= 4 is 17.7 Å². The fourth-order valence-electron chi connectivity index (χ4n) is 2.44. The standard InChI is InChI=1S/C16H18N4O2/c1-10-11(9-20(2)3)7-12(17-10)8-13-15(18-19-16(13)21)14-5-4-6-22-14/h4-8,17H,9H2,1-3H3,(H,19,21)/b13-8+. The summed E-state index contributed by atoms with van der Waals surface area (Å²) in [5.74, 6) is 0.342. The van der Waals surface area contributed by atoms with Gasteiger partial charge < -0.3 is 14.3 Å². The second-order valence-corrected chi connectivity index (χ2v) is 5.55. The Kier molecular flexibility index (Phi) is 3.68. The minimum atomic E-state index is -0.229. The summed E-state index contributed by atoms with van der Waals surface area (Å²) in [5.41, 5.74) is 6.67. The van der Waals surface area contributed by atoms with Crippen molar-refractivity contribution in [1.82, 2.24) is 15.3 Å². The molecule has 0 fully saturated rings. The first-order valence-electron chi connectivity index (χ1n) is 7.02. The molecule has 1 aliphatic heterocycles. The van der Waals surface area contributed by atoms with E-state index in [0.717, 1.165) is 17.9 Å². The molecule has 1 amide bonds. The molecule has 2 N–H and O–H groups in total. The quantitative estimate of drug-likeness (QED) is 0.847. The number of carbonyl (C=O) groups excluding carboxylic acids is 1. The number of aromatic amines is 1. The molecule has 6 heteroatoms. The van der Waals surface area contributed by atoms with Gasteiger partial charge in [-0.2, -0.15) is 5.10 Å². The Bertz CT molecular complexity index is 751. The molecule has 3 heterocycles. The van der Waals surface area contributed by atoms with Gasteiger partial charge in [-0.1, -0.05) is 0 Å². The summed E-state index contributed by atoms with van der Waals surface area (Å²) in [4.78, 5) is 17.4. The zero-order valence-electron chi connectivity index (χ0n) is 12.8. The van der Waals surface area contributed by atoms with Crippen LogP contribution in [0.3, 0.4) is 0 Å². The number of nitrogens with zero attached hydrogens (tertiary/aromatic N) is 2. The zero-order chi connectivity index (χ0) is 15.7. The fraction of sp³-hybridized carbons (Fsp3) is 0.250. The third-order valence-electron chi connectivity index (χ3n) is 3.45. The fourth-order valence-corrected chi connectivity index (χ4v) is 2.44. The highest BCUT2D eigenvalue weighted by Gasteiger charge is 2.26. The number of hydrazone groups is 1. The van der Waals surface area contributed by atoms with Gasteiger partial charge in [-0.05, 0) is 50.9 Å². The molecule has 2 aromatic heterocycles. The van der Waals surface area contributed by atoms with Gasteiger partial charge in [0.2, 0.25) is 0 Å². The number of nitrogens with one attached hydrogen (secondary N) is 2. The first-order valence-corrected chi connectivity index (χ1v) is 7.02. The highest BCUT2D eigenvalue weighted by Crippen LogP contribution is 2.20. The minimum Gasteiger partial charge on any atom is -0.463 e. The Morgan fingerprint density at radius 1 is 1.41 bits per heavy atom. The molecule has 0 unspecified atom stereocenters. The SMILES string of the molecule is Cc1[nH]c(/C=C2/C(=O)NN=C2c2ccco2)cc1CN(C)C. The number of aryl methyl sites for hydroxylation is 1. The molecule has 22 heavy (non-hydrogen) atoms. The molecule has 0 spiro atoms. The molecular formula is C16H18N4O2. The van der Waals surface area contributed by atoms with Crippen LogP contribution in [0.25, 0.3) is 6.08 Å². The number of hydrogen-bond acceptors (Lipinski definition) is 4. The van der Waals surface area contributed by atoms with Crippen molar-refractivity contribution in [2.24, 2.45) is 5.10 Å². The maximum absolute atomic E-state index is 12.0. The van der Waals surface area contributed by atoms with E-state index in [1.165, 1.54) is 5.56 Å². The second-order valence-electron chi connectivity index (χ2n) is 5.55. The predicted molar refractivity (Wildman–Crippen MR) is 84.3 cm³/mol. The molecule has 0 saturated carbocycles. The van der Waals surface area contributed by atoms with Crippen LogP contribution in [0.5, 0.6) is 0 Å². The Morgan fingerprint density at radius 2 is 2.23 bits per heavy atom. The van der Waals surface area contributed by atoms with Crippen LogP contribution in [0.15, 0.2) is 39.6 Å². The number of H-pyrrole nitrogens is 1. The number of aromatic nitrogens is 1. The number of carbonyl (C=O) groups is 1. The van der Waals surface area contributed by atoms with Gasteiger partial charge in [0.15, 0.2) is 5.76 Å². The summed E-state index contributed by atoms with van der Waals surface area (Å²) in [6, 6.07) is 5.60. The second kappa shape index (κ2) is 5.65. The van der Waals surface area contributed by atoms with Crippen molar-refractivity contribution in [3.05, 3.63) is 52.7 Å². The molecule has 0 aromatic carbocycles. The zero-order valence-corrected chi connectivity index (χ0v) is 12.8. The van der Waals surface area contributed by atoms with Gasteiger partial charge in [0, 0.05) is 17.9 Å². The summed E-state index contributed by atoms with van der Waals surface area (Å²) in [6.07, 6.45) is 3.36. The Balaban J connectivity index is 1.93. The molecule has 0 bridgehead atoms. The molecule has 0 aliphatic carbocycles. The summed E-state index contributed by atoms with van der Waals surface area (Å²) >= 11 is 0.